The Bertz CT molecular complexity index is 958. The molecule has 4 heteroatoms. The number of aromatic amines is 1. The number of rotatable bonds is 4. The van der Waals surface area contributed by atoms with Crippen LogP contribution in [0.2, 0.25) is 0 Å². The van der Waals surface area contributed by atoms with Gasteiger partial charge in [0.15, 0.2) is 0 Å². The van der Waals surface area contributed by atoms with Gasteiger partial charge in [-0.2, -0.15) is 0 Å². The van der Waals surface area contributed by atoms with Gasteiger partial charge in [-0.1, -0.05) is 6.07 Å². The predicted octanol–water partition coefficient (Wildman–Crippen LogP) is 4.43. The maximum Gasteiger partial charge on any atom is 0.122 e. The number of fused-ring (bicyclic) bond motifs is 3. The molecule has 2 N–H and O–H groups in total. The maximum absolute atomic E-state index is 5.70. The topological polar surface area (TPSA) is 46.3 Å². The standard InChI is InChI=1S/C22H26N2O2/c1-5-26-15-6-8-19-18(12-15)17-10-11-23-21(22(17)24-19)16-7-9-20(25-4)14(3)13(16)2/h6-9,12,21,23-24H,5,10-11H2,1-4H3. The Balaban J connectivity index is 1.83. The molecular weight excluding hydrogens is 324 g/mol. The first-order valence-corrected chi connectivity index (χ1v) is 9.28. The van der Waals surface area contributed by atoms with E-state index < -0.39 is 0 Å². The molecule has 26 heavy (non-hydrogen) atoms. The van der Waals surface area contributed by atoms with Gasteiger partial charge in [-0.05, 0) is 73.7 Å². The van der Waals surface area contributed by atoms with E-state index in [2.05, 4.69) is 48.4 Å². The second-order valence-corrected chi connectivity index (χ2v) is 6.90. The average molecular weight is 350 g/mol. The first-order valence-electron chi connectivity index (χ1n) is 9.28. The zero-order chi connectivity index (χ0) is 18.3. The third kappa shape index (κ3) is 2.65. The summed E-state index contributed by atoms with van der Waals surface area (Å²) in [5, 5.41) is 4.97. The second-order valence-electron chi connectivity index (χ2n) is 6.90. The van der Waals surface area contributed by atoms with Crippen molar-refractivity contribution in [3.05, 3.63) is 58.3 Å². The predicted molar refractivity (Wildman–Crippen MR) is 105 cm³/mol. The molecule has 3 aromatic rings. The van der Waals surface area contributed by atoms with Crippen molar-refractivity contribution >= 4 is 10.9 Å². The van der Waals surface area contributed by atoms with Crippen LogP contribution in [0.4, 0.5) is 0 Å². The van der Waals surface area contributed by atoms with E-state index in [0.717, 1.165) is 24.5 Å². The molecule has 1 atom stereocenters. The van der Waals surface area contributed by atoms with Crippen LogP contribution in [0, 0.1) is 13.8 Å². The molecule has 1 aliphatic heterocycles. The third-order valence-corrected chi connectivity index (χ3v) is 5.54. The number of methoxy groups -OCH3 is 1. The Kier molecular flexibility index (Phi) is 4.37. The van der Waals surface area contributed by atoms with Gasteiger partial charge in [0.05, 0.1) is 19.8 Å². The van der Waals surface area contributed by atoms with Crippen LogP contribution in [0.5, 0.6) is 11.5 Å². The number of aromatic nitrogens is 1. The van der Waals surface area contributed by atoms with Gasteiger partial charge in [-0.3, -0.25) is 0 Å². The van der Waals surface area contributed by atoms with Crippen molar-refractivity contribution in [2.75, 3.05) is 20.3 Å². The van der Waals surface area contributed by atoms with Crippen LogP contribution in [0.1, 0.15) is 40.9 Å². The number of hydrogen-bond donors (Lipinski definition) is 2. The fourth-order valence-electron chi connectivity index (χ4n) is 4.08. The third-order valence-electron chi connectivity index (χ3n) is 5.54. The van der Waals surface area contributed by atoms with Crippen molar-refractivity contribution in [2.24, 2.45) is 0 Å². The largest absolute Gasteiger partial charge is 0.496 e. The lowest BCUT2D eigenvalue weighted by molar-refractivity contribution is 0.340. The van der Waals surface area contributed by atoms with Gasteiger partial charge in [-0.25, -0.2) is 0 Å². The van der Waals surface area contributed by atoms with Gasteiger partial charge >= 0.3 is 0 Å². The lowest BCUT2D eigenvalue weighted by atomic mass is 9.90. The number of benzene rings is 2. The molecule has 4 nitrogen and oxygen atoms in total. The van der Waals surface area contributed by atoms with Gasteiger partial charge in [0, 0.05) is 23.1 Å². The fourth-order valence-corrected chi connectivity index (χ4v) is 4.08. The highest BCUT2D eigenvalue weighted by atomic mass is 16.5. The second kappa shape index (κ2) is 6.69. The van der Waals surface area contributed by atoms with Crippen LogP contribution in [0.15, 0.2) is 30.3 Å². The highest BCUT2D eigenvalue weighted by molar-refractivity contribution is 5.86. The number of hydrogen-bond acceptors (Lipinski definition) is 3. The first kappa shape index (κ1) is 17.0. The van der Waals surface area contributed by atoms with Gasteiger partial charge in [0.1, 0.15) is 11.5 Å². The molecule has 0 spiro atoms. The highest BCUT2D eigenvalue weighted by Gasteiger charge is 2.27. The SMILES string of the molecule is CCOc1ccc2[nH]c3c(c2c1)CCNC3c1ccc(OC)c(C)c1C. The van der Waals surface area contributed by atoms with Crippen molar-refractivity contribution < 1.29 is 9.47 Å². The van der Waals surface area contributed by atoms with Gasteiger partial charge in [-0.15, -0.1) is 0 Å². The molecule has 0 radical (unpaired) electrons. The van der Waals surface area contributed by atoms with Gasteiger partial charge in [0.2, 0.25) is 0 Å². The van der Waals surface area contributed by atoms with E-state index in [1.165, 1.54) is 38.9 Å². The summed E-state index contributed by atoms with van der Waals surface area (Å²) in [6.45, 7) is 7.98. The monoisotopic (exact) mass is 350 g/mol. The lowest BCUT2D eigenvalue weighted by Crippen LogP contribution is -2.31. The highest BCUT2D eigenvalue weighted by Crippen LogP contribution is 2.37. The lowest BCUT2D eigenvalue weighted by Gasteiger charge is -2.27. The van der Waals surface area contributed by atoms with E-state index in [-0.39, 0.29) is 6.04 Å². The molecule has 1 unspecified atom stereocenters. The van der Waals surface area contributed by atoms with Crippen LogP contribution >= 0.6 is 0 Å². The molecule has 2 heterocycles. The van der Waals surface area contributed by atoms with Crippen LogP contribution in [-0.2, 0) is 6.42 Å². The molecule has 0 fully saturated rings. The van der Waals surface area contributed by atoms with Crippen molar-refractivity contribution in [2.45, 2.75) is 33.2 Å². The van der Waals surface area contributed by atoms with Crippen LogP contribution < -0.4 is 14.8 Å². The van der Waals surface area contributed by atoms with Crippen LogP contribution in [0.25, 0.3) is 10.9 Å². The molecule has 0 aliphatic carbocycles. The smallest absolute Gasteiger partial charge is 0.122 e. The number of H-pyrrole nitrogens is 1. The van der Waals surface area contributed by atoms with E-state index in [4.69, 9.17) is 9.47 Å². The van der Waals surface area contributed by atoms with E-state index in [1.807, 2.05) is 13.0 Å². The molecule has 4 rings (SSSR count). The minimum atomic E-state index is 0.172. The van der Waals surface area contributed by atoms with Crippen molar-refractivity contribution in [3.63, 3.8) is 0 Å². The van der Waals surface area contributed by atoms with E-state index in [0.29, 0.717) is 6.61 Å². The zero-order valence-corrected chi connectivity index (χ0v) is 15.9. The van der Waals surface area contributed by atoms with Crippen LogP contribution in [0.3, 0.4) is 0 Å². The number of ether oxygens (including phenoxy) is 2. The summed E-state index contributed by atoms with van der Waals surface area (Å²) >= 11 is 0. The molecule has 1 aromatic heterocycles. The minimum absolute atomic E-state index is 0.172. The Morgan fingerprint density at radius 2 is 1.96 bits per heavy atom. The van der Waals surface area contributed by atoms with Crippen molar-refractivity contribution in [1.82, 2.24) is 10.3 Å². The summed E-state index contributed by atoms with van der Waals surface area (Å²) < 4.78 is 11.2. The summed E-state index contributed by atoms with van der Waals surface area (Å²) in [4.78, 5) is 3.66. The van der Waals surface area contributed by atoms with Crippen molar-refractivity contribution in [3.8, 4) is 11.5 Å². The summed E-state index contributed by atoms with van der Waals surface area (Å²) in [6.07, 6.45) is 1.02. The molecular formula is C22H26N2O2. The Hall–Kier alpha value is -2.46. The summed E-state index contributed by atoms with van der Waals surface area (Å²) in [7, 11) is 1.73. The quantitative estimate of drug-likeness (QED) is 0.732. The number of nitrogens with one attached hydrogen (secondary N) is 2. The molecule has 0 bridgehead atoms. The molecule has 1 aliphatic rings. The van der Waals surface area contributed by atoms with E-state index in [1.54, 1.807) is 7.11 Å². The molecule has 136 valence electrons. The fraction of sp³-hybridized carbons (Fsp3) is 0.364. The summed E-state index contributed by atoms with van der Waals surface area (Å²) in [6, 6.07) is 10.8. The average Bonchev–Trinajstić information content (AvgIpc) is 3.03. The molecule has 2 aromatic carbocycles. The van der Waals surface area contributed by atoms with Crippen LogP contribution in [-0.4, -0.2) is 25.2 Å². The summed E-state index contributed by atoms with van der Waals surface area (Å²) in [5.41, 5.74) is 7.64. The Morgan fingerprint density at radius 3 is 2.73 bits per heavy atom. The first-order chi connectivity index (χ1) is 12.6. The Labute approximate surface area is 154 Å². The van der Waals surface area contributed by atoms with E-state index >= 15 is 0 Å². The minimum Gasteiger partial charge on any atom is -0.496 e. The summed E-state index contributed by atoms with van der Waals surface area (Å²) in [5.74, 6) is 1.88. The van der Waals surface area contributed by atoms with Crippen molar-refractivity contribution in [1.29, 1.82) is 0 Å². The molecule has 0 saturated heterocycles. The maximum atomic E-state index is 5.70. The van der Waals surface area contributed by atoms with Gasteiger partial charge < -0.3 is 19.8 Å². The molecule has 0 amide bonds. The van der Waals surface area contributed by atoms with Gasteiger partial charge in [0.25, 0.3) is 0 Å². The Morgan fingerprint density at radius 1 is 1.12 bits per heavy atom. The molecule has 0 saturated carbocycles. The zero-order valence-electron chi connectivity index (χ0n) is 15.9. The van der Waals surface area contributed by atoms with E-state index in [9.17, 15) is 0 Å². The normalized spacial score (nSPS) is 16.5.